The van der Waals surface area contributed by atoms with E-state index in [1.54, 1.807) is 19.1 Å². The maximum absolute atomic E-state index is 14.1. The lowest BCUT2D eigenvalue weighted by atomic mass is 10.1. The highest BCUT2D eigenvalue weighted by Gasteiger charge is 2.34. The predicted octanol–water partition coefficient (Wildman–Crippen LogP) is 5.79. The Balaban J connectivity index is 1.71. The van der Waals surface area contributed by atoms with Crippen molar-refractivity contribution >= 4 is 55.1 Å². The Bertz CT molecular complexity index is 1550. The average Bonchev–Trinajstić information content (AvgIpc) is 3.51. The van der Waals surface area contributed by atoms with E-state index in [-0.39, 0.29) is 34.8 Å². The molecule has 1 atom stereocenters. The summed E-state index contributed by atoms with van der Waals surface area (Å²) in [4.78, 5) is 28.8. The van der Waals surface area contributed by atoms with E-state index in [1.807, 2.05) is 24.3 Å². The first-order chi connectivity index (χ1) is 20.5. The number of sulfonamides is 1. The van der Waals surface area contributed by atoms with Crippen LogP contribution in [0.15, 0.2) is 76.1 Å². The summed E-state index contributed by atoms with van der Waals surface area (Å²) in [7, 11) is -1.44. The van der Waals surface area contributed by atoms with Gasteiger partial charge in [0, 0.05) is 28.1 Å². The minimum absolute atomic E-state index is 0.0637. The first-order valence-corrected chi connectivity index (χ1v) is 16.5. The number of rotatable bonds is 12. The number of amides is 2. The molecular formula is C31H35BrClN3O6S. The van der Waals surface area contributed by atoms with Crippen molar-refractivity contribution < 1.29 is 27.5 Å². The van der Waals surface area contributed by atoms with Crippen molar-refractivity contribution in [2.24, 2.45) is 0 Å². The SMILES string of the molecule is COc1ccc(S(=O)(=O)N(CC(=O)N(Cc2cccc(Br)c2)C(C)C(=O)NC2CCCC2)c2ccc(Cl)cc2)cc1OC. The van der Waals surface area contributed by atoms with Crippen LogP contribution in [0.3, 0.4) is 0 Å². The molecule has 0 spiro atoms. The Labute approximate surface area is 266 Å². The van der Waals surface area contributed by atoms with Crippen LogP contribution >= 0.6 is 27.5 Å². The number of benzene rings is 3. The van der Waals surface area contributed by atoms with Gasteiger partial charge in [-0.05, 0) is 73.9 Å². The first-order valence-electron chi connectivity index (χ1n) is 13.9. The highest BCUT2D eigenvalue weighted by atomic mass is 79.9. The Kier molecular flexibility index (Phi) is 11.0. The number of nitrogens with zero attached hydrogens (tertiary/aromatic N) is 2. The summed E-state index contributed by atoms with van der Waals surface area (Å²) in [5.74, 6) is -0.249. The van der Waals surface area contributed by atoms with Crippen LogP contribution in [0, 0.1) is 0 Å². The van der Waals surface area contributed by atoms with Gasteiger partial charge >= 0.3 is 0 Å². The van der Waals surface area contributed by atoms with Gasteiger partial charge in [0.2, 0.25) is 11.8 Å². The lowest BCUT2D eigenvalue weighted by Gasteiger charge is -2.32. The zero-order valence-corrected chi connectivity index (χ0v) is 27.4. The van der Waals surface area contributed by atoms with Gasteiger partial charge in [-0.15, -0.1) is 0 Å². The largest absolute Gasteiger partial charge is 0.493 e. The van der Waals surface area contributed by atoms with Crippen LogP contribution in [0.5, 0.6) is 11.5 Å². The monoisotopic (exact) mass is 691 g/mol. The second-order valence-electron chi connectivity index (χ2n) is 10.3. The molecule has 0 heterocycles. The van der Waals surface area contributed by atoms with Crippen LogP contribution in [0.25, 0.3) is 0 Å². The second kappa shape index (κ2) is 14.5. The van der Waals surface area contributed by atoms with Gasteiger partial charge in [0.05, 0.1) is 24.8 Å². The number of anilines is 1. The summed E-state index contributed by atoms with van der Waals surface area (Å²) in [5, 5.41) is 3.48. The molecule has 0 bridgehead atoms. The third-order valence-corrected chi connectivity index (χ3v) is 9.96. The molecule has 3 aromatic carbocycles. The quantitative estimate of drug-likeness (QED) is 0.258. The fourth-order valence-electron chi connectivity index (χ4n) is 5.05. The van der Waals surface area contributed by atoms with Crippen molar-refractivity contribution in [1.29, 1.82) is 0 Å². The molecule has 0 saturated heterocycles. The summed E-state index contributed by atoms with van der Waals surface area (Å²) >= 11 is 9.57. The van der Waals surface area contributed by atoms with Crippen LogP contribution in [0.2, 0.25) is 5.02 Å². The Hall–Kier alpha value is -3.28. The number of hydrogen-bond donors (Lipinski definition) is 1. The van der Waals surface area contributed by atoms with Gasteiger partial charge in [-0.1, -0.05) is 52.5 Å². The fourth-order valence-corrected chi connectivity index (χ4v) is 7.05. The third-order valence-electron chi connectivity index (χ3n) is 7.45. The van der Waals surface area contributed by atoms with Crippen LogP contribution < -0.4 is 19.1 Å². The van der Waals surface area contributed by atoms with Gasteiger partial charge in [0.15, 0.2) is 11.5 Å². The summed E-state index contributed by atoms with van der Waals surface area (Å²) in [6.07, 6.45) is 3.88. The molecule has 12 heteroatoms. The van der Waals surface area contributed by atoms with E-state index in [0.717, 1.165) is 40.0 Å². The lowest BCUT2D eigenvalue weighted by Crippen LogP contribution is -2.52. The normalized spacial score (nSPS) is 14.2. The Morgan fingerprint density at radius 2 is 1.67 bits per heavy atom. The van der Waals surface area contributed by atoms with Crippen LogP contribution in [0.4, 0.5) is 5.69 Å². The van der Waals surface area contributed by atoms with Gasteiger partial charge in [0.1, 0.15) is 12.6 Å². The predicted molar refractivity (Wildman–Crippen MR) is 170 cm³/mol. The van der Waals surface area contributed by atoms with Crippen molar-refractivity contribution in [2.45, 2.75) is 56.1 Å². The molecule has 1 saturated carbocycles. The highest BCUT2D eigenvalue weighted by molar-refractivity contribution is 9.10. The number of methoxy groups -OCH3 is 2. The van der Waals surface area contributed by atoms with Crippen molar-refractivity contribution in [2.75, 3.05) is 25.1 Å². The molecule has 0 radical (unpaired) electrons. The van der Waals surface area contributed by atoms with E-state index in [2.05, 4.69) is 21.2 Å². The molecule has 1 aliphatic rings. The first kappa shape index (κ1) is 32.6. The van der Waals surface area contributed by atoms with Gasteiger partial charge in [-0.25, -0.2) is 8.42 Å². The fraction of sp³-hybridized carbons (Fsp3) is 0.355. The average molecular weight is 693 g/mol. The minimum atomic E-state index is -4.30. The van der Waals surface area contributed by atoms with Gasteiger partial charge in [-0.3, -0.25) is 13.9 Å². The molecule has 1 fully saturated rings. The minimum Gasteiger partial charge on any atom is -0.493 e. The summed E-state index contributed by atoms with van der Waals surface area (Å²) < 4.78 is 40.7. The maximum Gasteiger partial charge on any atom is 0.264 e. The van der Waals surface area contributed by atoms with E-state index < -0.39 is 28.5 Å². The van der Waals surface area contributed by atoms with Crippen LogP contribution in [-0.2, 0) is 26.2 Å². The maximum atomic E-state index is 14.1. The molecule has 9 nitrogen and oxygen atoms in total. The Morgan fingerprint density at radius 3 is 2.30 bits per heavy atom. The van der Waals surface area contributed by atoms with Crippen molar-refractivity contribution in [1.82, 2.24) is 10.2 Å². The molecule has 1 unspecified atom stereocenters. The smallest absolute Gasteiger partial charge is 0.264 e. The molecule has 0 aliphatic heterocycles. The zero-order chi connectivity index (χ0) is 31.1. The van der Waals surface area contributed by atoms with Gasteiger partial charge < -0.3 is 19.7 Å². The van der Waals surface area contributed by atoms with Crippen molar-refractivity contribution in [3.63, 3.8) is 0 Å². The molecule has 230 valence electrons. The summed E-state index contributed by atoms with van der Waals surface area (Å²) in [6, 6.07) is 17.0. The van der Waals surface area contributed by atoms with Crippen LogP contribution in [-0.4, -0.2) is 58.0 Å². The molecule has 4 rings (SSSR count). The summed E-state index contributed by atoms with van der Waals surface area (Å²) in [6.45, 7) is 1.20. The second-order valence-corrected chi connectivity index (χ2v) is 13.5. The van der Waals surface area contributed by atoms with Crippen molar-refractivity contribution in [3.8, 4) is 11.5 Å². The Morgan fingerprint density at radius 1 is 1.00 bits per heavy atom. The molecular weight excluding hydrogens is 658 g/mol. The highest BCUT2D eigenvalue weighted by Crippen LogP contribution is 2.33. The number of nitrogens with one attached hydrogen (secondary N) is 1. The van der Waals surface area contributed by atoms with Gasteiger partial charge in [-0.2, -0.15) is 0 Å². The molecule has 2 amide bonds. The number of hydrogen-bond acceptors (Lipinski definition) is 6. The molecule has 43 heavy (non-hydrogen) atoms. The molecule has 3 aromatic rings. The standard InChI is InChI=1S/C31H35BrClN3O6S/c1-21(31(38)34-25-9-4-5-10-25)35(19-22-7-6-8-23(32)17-22)30(37)20-36(26-13-11-24(33)12-14-26)43(39,40)27-15-16-28(41-2)29(18-27)42-3/h6-8,11-18,21,25H,4-5,9-10,19-20H2,1-3H3,(H,34,38). The molecule has 1 N–H and O–H groups in total. The van der Waals surface area contributed by atoms with Crippen molar-refractivity contribution in [3.05, 3.63) is 81.8 Å². The van der Waals surface area contributed by atoms with E-state index in [4.69, 9.17) is 21.1 Å². The molecule has 0 aromatic heterocycles. The topological polar surface area (TPSA) is 105 Å². The lowest BCUT2D eigenvalue weighted by molar-refractivity contribution is -0.139. The number of carbonyl (C=O) groups excluding carboxylic acids is 2. The number of ether oxygens (including phenoxy) is 2. The number of carbonyl (C=O) groups is 2. The van der Waals surface area contributed by atoms with E-state index in [1.165, 1.54) is 49.5 Å². The number of halogens is 2. The zero-order valence-electron chi connectivity index (χ0n) is 24.3. The third kappa shape index (κ3) is 8.01. The summed E-state index contributed by atoms with van der Waals surface area (Å²) in [5.41, 5.74) is 1.02. The van der Waals surface area contributed by atoms with E-state index in [9.17, 15) is 18.0 Å². The molecule has 1 aliphatic carbocycles. The van der Waals surface area contributed by atoms with E-state index in [0.29, 0.717) is 10.8 Å². The van der Waals surface area contributed by atoms with E-state index >= 15 is 0 Å². The van der Waals surface area contributed by atoms with Gasteiger partial charge in [0.25, 0.3) is 10.0 Å². The van der Waals surface area contributed by atoms with Crippen LogP contribution in [0.1, 0.15) is 38.2 Å².